The van der Waals surface area contributed by atoms with Gasteiger partial charge in [0, 0.05) is 32.0 Å². The van der Waals surface area contributed by atoms with Crippen LogP contribution in [-0.2, 0) is 4.79 Å². The van der Waals surface area contributed by atoms with Crippen molar-refractivity contribution in [2.45, 2.75) is 6.42 Å². The smallest absolute Gasteiger partial charge is 0.249 e. The van der Waals surface area contributed by atoms with E-state index in [2.05, 4.69) is 16.4 Å². The molecule has 0 unspecified atom stereocenters. The summed E-state index contributed by atoms with van der Waals surface area (Å²) in [6.07, 6.45) is 4.88. The number of nitrogens with one attached hydrogen (secondary N) is 1. The number of hydrogen-bond donors (Lipinski definition) is 1. The van der Waals surface area contributed by atoms with Gasteiger partial charge in [-0.05, 0) is 0 Å². The van der Waals surface area contributed by atoms with Crippen LogP contribution >= 0.6 is 11.8 Å². The number of rotatable bonds is 1. The van der Waals surface area contributed by atoms with Crippen molar-refractivity contribution >= 4 is 17.7 Å². The van der Waals surface area contributed by atoms with Gasteiger partial charge >= 0.3 is 0 Å². The van der Waals surface area contributed by atoms with Gasteiger partial charge in [-0.2, -0.15) is 0 Å². The summed E-state index contributed by atoms with van der Waals surface area (Å²) in [5, 5.41) is 3.82. The van der Waals surface area contributed by atoms with E-state index in [0.29, 0.717) is 0 Å². The molecular weight excluding hydrogens is 184 g/mol. The van der Waals surface area contributed by atoms with Crippen molar-refractivity contribution in [3.63, 3.8) is 0 Å². The zero-order chi connectivity index (χ0) is 9.26. The molecule has 0 radical (unpaired) electrons. The molecule has 2 rings (SSSR count). The fourth-order valence-electron chi connectivity index (χ4n) is 1.55. The van der Waals surface area contributed by atoms with Gasteiger partial charge in [-0.25, -0.2) is 0 Å². The van der Waals surface area contributed by atoms with Crippen LogP contribution < -0.4 is 5.32 Å². The minimum absolute atomic E-state index is 0.0544. The number of carbonyl (C=O) groups excluding carboxylic acids is 1. The Hall–Kier alpha value is -0.900. The van der Waals surface area contributed by atoms with E-state index in [1.165, 1.54) is 0 Å². The molecule has 1 fully saturated rings. The number of thioether (sulfide) groups is 1. The molecule has 2 aliphatic heterocycles. The number of carbonyl (C=O) groups is 1. The predicted molar refractivity (Wildman–Crippen MR) is 54.0 cm³/mol. The van der Waals surface area contributed by atoms with Crippen molar-refractivity contribution in [1.29, 1.82) is 0 Å². The molecule has 0 saturated carbocycles. The van der Waals surface area contributed by atoms with E-state index in [1.54, 1.807) is 18.8 Å². The zero-order valence-corrected chi connectivity index (χ0v) is 8.36. The number of hydrogen-bond acceptors (Lipinski definition) is 3. The highest BCUT2D eigenvalue weighted by molar-refractivity contribution is 8.03. The van der Waals surface area contributed by atoms with E-state index < -0.39 is 0 Å². The molecule has 3 nitrogen and oxygen atoms in total. The predicted octanol–water partition coefficient (Wildman–Crippen LogP) is 0.910. The van der Waals surface area contributed by atoms with Gasteiger partial charge < -0.3 is 10.2 Å². The van der Waals surface area contributed by atoms with Gasteiger partial charge in [-0.15, -0.1) is 11.8 Å². The maximum atomic E-state index is 11.5. The molecule has 0 spiro atoms. The molecule has 0 atom stereocenters. The minimum atomic E-state index is 0.0544. The van der Waals surface area contributed by atoms with Gasteiger partial charge in [0.25, 0.3) is 0 Å². The number of nitrogens with zero attached hydrogens (tertiary/aromatic N) is 1. The normalized spacial score (nSPS) is 20.5. The fourth-order valence-corrected chi connectivity index (χ4v) is 2.70. The zero-order valence-electron chi connectivity index (χ0n) is 7.54. The lowest BCUT2D eigenvalue weighted by molar-refractivity contribution is -0.117. The van der Waals surface area contributed by atoms with Gasteiger partial charge in [0.1, 0.15) is 0 Å². The second-order valence-electron chi connectivity index (χ2n) is 2.99. The first-order valence-corrected chi connectivity index (χ1v) is 5.33. The first-order chi connectivity index (χ1) is 6.33. The molecule has 0 aliphatic carbocycles. The summed E-state index contributed by atoms with van der Waals surface area (Å²) < 4.78 is 0. The van der Waals surface area contributed by atoms with E-state index in [-0.39, 0.29) is 5.91 Å². The standard InChI is InChI=1S/C9H12N2OS/c1-10-8(12)7-3-2-4-11-5-6-13-9(7)11/h2,4H,3,5-6H2,1H3,(H,10,12). The number of fused-ring (bicyclic) bond motifs is 1. The van der Waals surface area contributed by atoms with Crippen LogP contribution in [0.5, 0.6) is 0 Å². The lowest BCUT2D eigenvalue weighted by Crippen LogP contribution is -2.25. The summed E-state index contributed by atoms with van der Waals surface area (Å²) >= 11 is 1.77. The molecular formula is C9H12N2OS. The van der Waals surface area contributed by atoms with Gasteiger partial charge in [-0.1, -0.05) is 6.08 Å². The Morgan fingerprint density at radius 1 is 1.69 bits per heavy atom. The molecule has 1 saturated heterocycles. The van der Waals surface area contributed by atoms with Crippen LogP contribution in [0.15, 0.2) is 22.9 Å². The van der Waals surface area contributed by atoms with Crippen molar-refractivity contribution in [2.75, 3.05) is 19.3 Å². The Labute approximate surface area is 81.9 Å². The van der Waals surface area contributed by atoms with Crippen molar-refractivity contribution in [2.24, 2.45) is 0 Å². The maximum Gasteiger partial charge on any atom is 0.249 e. The molecule has 1 N–H and O–H groups in total. The average molecular weight is 196 g/mol. The highest BCUT2D eigenvalue weighted by atomic mass is 32.2. The van der Waals surface area contributed by atoms with Crippen LogP contribution in [0.4, 0.5) is 0 Å². The van der Waals surface area contributed by atoms with Crippen LogP contribution in [0.2, 0.25) is 0 Å². The summed E-state index contributed by atoms with van der Waals surface area (Å²) in [5.41, 5.74) is 0.910. The molecule has 0 aromatic heterocycles. The van der Waals surface area contributed by atoms with Crippen LogP contribution in [0, 0.1) is 0 Å². The van der Waals surface area contributed by atoms with E-state index in [9.17, 15) is 4.79 Å². The average Bonchev–Trinajstić information content (AvgIpc) is 2.63. The van der Waals surface area contributed by atoms with Gasteiger partial charge in [0.2, 0.25) is 5.91 Å². The molecule has 13 heavy (non-hydrogen) atoms. The number of likely N-dealkylation sites (N-methyl/N-ethyl adjacent to an activating group) is 1. The molecule has 1 amide bonds. The number of allylic oxidation sites excluding steroid dienone is 1. The monoisotopic (exact) mass is 196 g/mol. The van der Waals surface area contributed by atoms with Crippen molar-refractivity contribution in [3.8, 4) is 0 Å². The van der Waals surface area contributed by atoms with Crippen LogP contribution in [0.25, 0.3) is 0 Å². The van der Waals surface area contributed by atoms with Crippen LogP contribution in [0.1, 0.15) is 6.42 Å². The van der Waals surface area contributed by atoms with E-state index in [0.717, 1.165) is 29.3 Å². The summed E-state index contributed by atoms with van der Waals surface area (Å²) in [7, 11) is 1.68. The van der Waals surface area contributed by atoms with Gasteiger partial charge in [0.15, 0.2) is 0 Å². The first kappa shape index (κ1) is 8.69. The van der Waals surface area contributed by atoms with E-state index in [4.69, 9.17) is 0 Å². The molecule has 4 heteroatoms. The summed E-state index contributed by atoms with van der Waals surface area (Å²) in [6, 6.07) is 0. The van der Waals surface area contributed by atoms with E-state index in [1.807, 2.05) is 6.08 Å². The SMILES string of the molecule is CNC(=O)C1=C2SCCN2C=CC1. The lowest BCUT2D eigenvalue weighted by atomic mass is 10.1. The molecule has 0 aromatic rings. The third-order valence-electron chi connectivity index (χ3n) is 2.20. The second kappa shape index (κ2) is 3.46. The van der Waals surface area contributed by atoms with Crippen LogP contribution in [-0.4, -0.2) is 30.2 Å². The third kappa shape index (κ3) is 1.46. The minimum Gasteiger partial charge on any atom is -0.355 e. The Morgan fingerprint density at radius 3 is 3.31 bits per heavy atom. The third-order valence-corrected chi connectivity index (χ3v) is 3.34. The van der Waals surface area contributed by atoms with Gasteiger partial charge in [-0.3, -0.25) is 4.79 Å². The highest BCUT2D eigenvalue weighted by Crippen LogP contribution is 2.34. The Bertz CT molecular complexity index is 296. The molecule has 0 aromatic carbocycles. The fraction of sp³-hybridized carbons (Fsp3) is 0.444. The summed E-state index contributed by atoms with van der Waals surface area (Å²) in [5.74, 6) is 1.14. The summed E-state index contributed by atoms with van der Waals surface area (Å²) in [4.78, 5) is 13.6. The van der Waals surface area contributed by atoms with E-state index >= 15 is 0 Å². The highest BCUT2D eigenvalue weighted by Gasteiger charge is 2.25. The Kier molecular flexibility index (Phi) is 2.31. The largest absolute Gasteiger partial charge is 0.355 e. The first-order valence-electron chi connectivity index (χ1n) is 4.34. The summed E-state index contributed by atoms with van der Waals surface area (Å²) in [6.45, 7) is 1.02. The van der Waals surface area contributed by atoms with Crippen LogP contribution in [0.3, 0.4) is 0 Å². The Morgan fingerprint density at radius 2 is 2.54 bits per heavy atom. The van der Waals surface area contributed by atoms with Crippen molar-refractivity contribution < 1.29 is 4.79 Å². The molecule has 2 aliphatic rings. The van der Waals surface area contributed by atoms with Gasteiger partial charge in [0.05, 0.1) is 10.6 Å². The molecule has 70 valence electrons. The molecule has 2 heterocycles. The molecule has 0 bridgehead atoms. The van der Waals surface area contributed by atoms with Crippen molar-refractivity contribution in [1.82, 2.24) is 10.2 Å². The maximum absolute atomic E-state index is 11.5. The second-order valence-corrected chi connectivity index (χ2v) is 4.08. The van der Waals surface area contributed by atoms with Crippen molar-refractivity contribution in [3.05, 3.63) is 22.9 Å². The lowest BCUT2D eigenvalue weighted by Gasteiger charge is -2.20. The number of amides is 1. The topological polar surface area (TPSA) is 32.3 Å². The Balaban J connectivity index is 2.29. The quantitative estimate of drug-likeness (QED) is 0.676.